The molecule has 2 rings (SSSR count). The lowest BCUT2D eigenvalue weighted by atomic mass is 9.67. The van der Waals surface area contributed by atoms with Gasteiger partial charge in [0.2, 0.25) is 0 Å². The van der Waals surface area contributed by atoms with E-state index in [1.807, 2.05) is 0 Å². The number of hydrogen-bond acceptors (Lipinski definition) is 2. The lowest BCUT2D eigenvalue weighted by molar-refractivity contribution is -0.0879. The maximum Gasteiger partial charge on any atom is 0.0668 e. The van der Waals surface area contributed by atoms with Crippen LogP contribution in [0.2, 0.25) is 0 Å². The summed E-state index contributed by atoms with van der Waals surface area (Å²) in [5.74, 6) is 0.684. The first-order valence-electron chi connectivity index (χ1n) is 8.12. The number of ether oxygens (including phenoxy) is 1. The van der Waals surface area contributed by atoms with E-state index in [0.717, 1.165) is 12.6 Å². The van der Waals surface area contributed by atoms with Crippen molar-refractivity contribution in [2.24, 2.45) is 11.3 Å². The van der Waals surface area contributed by atoms with E-state index in [1.54, 1.807) is 0 Å². The van der Waals surface area contributed by atoms with Gasteiger partial charge in [0.05, 0.1) is 11.2 Å². The molecule has 0 bridgehead atoms. The van der Waals surface area contributed by atoms with E-state index in [-0.39, 0.29) is 11.2 Å². The fourth-order valence-corrected chi connectivity index (χ4v) is 4.76. The van der Waals surface area contributed by atoms with E-state index >= 15 is 0 Å². The van der Waals surface area contributed by atoms with Gasteiger partial charge < -0.3 is 10.1 Å². The summed E-state index contributed by atoms with van der Waals surface area (Å²) in [5.41, 5.74) is 0.521. The van der Waals surface area contributed by atoms with Gasteiger partial charge in [-0.3, -0.25) is 0 Å². The van der Waals surface area contributed by atoms with Crippen molar-refractivity contribution in [2.45, 2.75) is 90.9 Å². The molecule has 1 saturated carbocycles. The summed E-state index contributed by atoms with van der Waals surface area (Å²) < 4.78 is 6.32. The maximum atomic E-state index is 6.32. The summed E-state index contributed by atoms with van der Waals surface area (Å²) in [5, 5.41) is 3.72. The predicted octanol–water partition coefficient (Wildman–Crippen LogP) is 4.14. The Kier molecular flexibility index (Phi) is 4.06. The lowest BCUT2D eigenvalue weighted by Gasteiger charge is -2.39. The number of hydrogen-bond donors (Lipinski definition) is 1. The highest BCUT2D eigenvalue weighted by Crippen LogP contribution is 2.56. The molecule has 1 saturated heterocycles. The van der Waals surface area contributed by atoms with E-state index in [0.29, 0.717) is 11.3 Å². The number of nitrogens with one attached hydrogen (secondary N) is 1. The quantitative estimate of drug-likeness (QED) is 0.826. The predicted molar refractivity (Wildman–Crippen MR) is 81.4 cm³/mol. The molecule has 1 heterocycles. The Bertz CT molecular complexity index is 323. The van der Waals surface area contributed by atoms with Crippen LogP contribution in [0.25, 0.3) is 0 Å². The second kappa shape index (κ2) is 5.04. The molecule has 3 atom stereocenters. The zero-order valence-corrected chi connectivity index (χ0v) is 13.8. The van der Waals surface area contributed by atoms with Gasteiger partial charge in [-0.05, 0) is 77.7 Å². The van der Waals surface area contributed by atoms with Crippen molar-refractivity contribution in [3.8, 4) is 0 Å². The Morgan fingerprint density at radius 1 is 1.11 bits per heavy atom. The fourth-order valence-electron chi connectivity index (χ4n) is 4.76. The van der Waals surface area contributed by atoms with Crippen molar-refractivity contribution in [3.05, 3.63) is 0 Å². The Hall–Kier alpha value is -0.0800. The van der Waals surface area contributed by atoms with Crippen LogP contribution in [0, 0.1) is 11.3 Å². The molecule has 0 amide bonds. The first-order valence-corrected chi connectivity index (χ1v) is 8.12. The normalized spacial score (nSPS) is 40.7. The molecule has 112 valence electrons. The average Bonchev–Trinajstić information content (AvgIpc) is 2.74. The van der Waals surface area contributed by atoms with E-state index < -0.39 is 0 Å². The zero-order chi connectivity index (χ0) is 14.3. The van der Waals surface area contributed by atoms with Crippen molar-refractivity contribution in [2.75, 3.05) is 6.54 Å². The van der Waals surface area contributed by atoms with Crippen molar-refractivity contribution in [1.29, 1.82) is 0 Å². The van der Waals surface area contributed by atoms with Gasteiger partial charge in [0.1, 0.15) is 0 Å². The van der Waals surface area contributed by atoms with Gasteiger partial charge in [-0.25, -0.2) is 0 Å². The van der Waals surface area contributed by atoms with Crippen LogP contribution in [-0.4, -0.2) is 23.8 Å². The molecule has 19 heavy (non-hydrogen) atoms. The molecule has 2 aliphatic rings. The minimum Gasteiger partial charge on any atom is -0.369 e. The van der Waals surface area contributed by atoms with Gasteiger partial charge in [0, 0.05) is 6.04 Å². The number of rotatable bonds is 4. The summed E-state index contributed by atoms with van der Waals surface area (Å²) in [4.78, 5) is 0. The third kappa shape index (κ3) is 3.16. The molecular weight excluding hydrogens is 234 g/mol. The fraction of sp³-hybridized carbons (Fsp3) is 1.00. The molecule has 0 radical (unpaired) electrons. The molecule has 0 aromatic rings. The second-order valence-corrected chi connectivity index (χ2v) is 8.27. The minimum atomic E-state index is 0.0257. The summed E-state index contributed by atoms with van der Waals surface area (Å²) in [6.07, 6.45) is 6.45. The average molecular weight is 267 g/mol. The Morgan fingerprint density at radius 3 is 2.32 bits per heavy atom. The monoisotopic (exact) mass is 267 g/mol. The highest BCUT2D eigenvalue weighted by Gasteiger charge is 2.55. The topological polar surface area (TPSA) is 21.3 Å². The smallest absolute Gasteiger partial charge is 0.0668 e. The molecule has 1 aliphatic heterocycles. The van der Waals surface area contributed by atoms with Crippen molar-refractivity contribution in [3.63, 3.8) is 0 Å². The zero-order valence-electron chi connectivity index (χ0n) is 13.8. The third-order valence-corrected chi connectivity index (χ3v) is 5.38. The molecule has 0 aromatic heterocycles. The molecule has 2 nitrogen and oxygen atoms in total. The van der Waals surface area contributed by atoms with Crippen LogP contribution in [0.1, 0.15) is 73.6 Å². The van der Waals surface area contributed by atoms with E-state index in [1.165, 1.54) is 32.1 Å². The molecular formula is C17H33NO. The van der Waals surface area contributed by atoms with Crippen LogP contribution < -0.4 is 5.32 Å². The molecule has 2 fully saturated rings. The summed E-state index contributed by atoms with van der Waals surface area (Å²) in [6.45, 7) is 15.0. The highest BCUT2D eigenvalue weighted by atomic mass is 16.5. The largest absolute Gasteiger partial charge is 0.369 e. The van der Waals surface area contributed by atoms with Crippen LogP contribution in [0.3, 0.4) is 0 Å². The van der Waals surface area contributed by atoms with Gasteiger partial charge in [-0.2, -0.15) is 0 Å². The van der Waals surface area contributed by atoms with Crippen molar-refractivity contribution >= 4 is 0 Å². The van der Waals surface area contributed by atoms with Crippen LogP contribution in [0.4, 0.5) is 0 Å². The van der Waals surface area contributed by atoms with Crippen LogP contribution in [0.5, 0.6) is 0 Å². The van der Waals surface area contributed by atoms with Gasteiger partial charge in [-0.1, -0.05) is 13.8 Å². The first-order chi connectivity index (χ1) is 8.69. The Balaban J connectivity index is 2.05. The van der Waals surface area contributed by atoms with E-state index in [4.69, 9.17) is 4.74 Å². The molecule has 3 unspecified atom stereocenters. The van der Waals surface area contributed by atoms with Gasteiger partial charge in [-0.15, -0.1) is 0 Å². The van der Waals surface area contributed by atoms with Crippen LogP contribution >= 0.6 is 0 Å². The van der Waals surface area contributed by atoms with Gasteiger partial charge in [0.15, 0.2) is 0 Å². The Labute approximate surface area is 119 Å². The van der Waals surface area contributed by atoms with Gasteiger partial charge >= 0.3 is 0 Å². The van der Waals surface area contributed by atoms with E-state index in [2.05, 4.69) is 46.9 Å². The molecule has 1 aliphatic carbocycles. The first kappa shape index (κ1) is 15.3. The maximum absolute atomic E-state index is 6.32. The third-order valence-electron chi connectivity index (χ3n) is 5.38. The van der Waals surface area contributed by atoms with Gasteiger partial charge in [0.25, 0.3) is 0 Å². The molecule has 0 spiro atoms. The van der Waals surface area contributed by atoms with Crippen molar-refractivity contribution < 1.29 is 4.74 Å². The second-order valence-electron chi connectivity index (χ2n) is 8.27. The molecule has 1 N–H and O–H groups in total. The van der Waals surface area contributed by atoms with E-state index in [9.17, 15) is 0 Å². The van der Waals surface area contributed by atoms with Crippen molar-refractivity contribution in [1.82, 2.24) is 5.32 Å². The summed E-state index contributed by atoms with van der Waals surface area (Å²) in [7, 11) is 0. The standard InChI is InChI=1S/C17H33NO/c1-7-10-18-13-8-9-17(6,11-13)14-12-15(2,3)19-16(14,4)5/h13-14,18H,7-12H2,1-6H3. The minimum absolute atomic E-state index is 0.0257. The molecule has 2 heteroatoms. The SMILES string of the molecule is CCCNC1CCC(C)(C2CC(C)(C)OC2(C)C)C1. The summed E-state index contributed by atoms with van der Waals surface area (Å²) in [6, 6.07) is 0.726. The van der Waals surface area contributed by atoms with Crippen LogP contribution in [-0.2, 0) is 4.74 Å². The lowest BCUT2D eigenvalue weighted by Crippen LogP contribution is -2.39. The molecule has 0 aromatic carbocycles. The van der Waals surface area contributed by atoms with Crippen LogP contribution in [0.15, 0.2) is 0 Å². The highest BCUT2D eigenvalue weighted by molar-refractivity contribution is 5.05. The summed E-state index contributed by atoms with van der Waals surface area (Å²) >= 11 is 0. The Morgan fingerprint density at radius 2 is 1.79 bits per heavy atom.